The smallest absolute Gasteiger partial charge is 0.240 e. The summed E-state index contributed by atoms with van der Waals surface area (Å²) in [5.41, 5.74) is 0.932. The minimum atomic E-state index is -3.40. The minimum Gasteiger partial charge on any atom is -0.385 e. The van der Waals surface area contributed by atoms with Crippen molar-refractivity contribution in [2.45, 2.75) is 24.3 Å². The third kappa shape index (κ3) is 3.68. The van der Waals surface area contributed by atoms with Crippen molar-refractivity contribution in [2.24, 2.45) is 0 Å². The fraction of sp³-hybridized carbons (Fsp3) is 0.538. The molecule has 1 aliphatic rings. The average Bonchev–Trinajstić information content (AvgIpc) is 2.75. The molecule has 0 aliphatic carbocycles. The van der Waals surface area contributed by atoms with E-state index < -0.39 is 10.0 Å². The van der Waals surface area contributed by atoms with Crippen LogP contribution in [0.4, 0.5) is 5.69 Å². The summed E-state index contributed by atoms with van der Waals surface area (Å²) in [6.45, 7) is 4.53. The molecule has 2 rings (SSSR count). The molecule has 19 heavy (non-hydrogen) atoms. The normalized spacial score (nSPS) is 20.6. The Morgan fingerprint density at radius 2 is 2.00 bits per heavy atom. The molecule has 1 unspecified atom stereocenters. The van der Waals surface area contributed by atoms with Crippen LogP contribution in [0.3, 0.4) is 0 Å². The average molecular weight is 283 g/mol. The maximum absolute atomic E-state index is 12.2. The van der Waals surface area contributed by atoms with Gasteiger partial charge in [-0.05, 0) is 51.2 Å². The van der Waals surface area contributed by atoms with E-state index >= 15 is 0 Å². The van der Waals surface area contributed by atoms with E-state index in [1.807, 2.05) is 14.0 Å². The molecule has 1 heterocycles. The van der Waals surface area contributed by atoms with Crippen molar-refractivity contribution in [1.82, 2.24) is 9.62 Å². The quantitative estimate of drug-likeness (QED) is 0.849. The van der Waals surface area contributed by atoms with Crippen LogP contribution < -0.4 is 10.0 Å². The molecule has 0 radical (unpaired) electrons. The van der Waals surface area contributed by atoms with Gasteiger partial charge in [-0.1, -0.05) is 0 Å². The lowest BCUT2D eigenvalue weighted by Gasteiger charge is -2.13. The number of sulfonamides is 1. The van der Waals surface area contributed by atoms with E-state index in [2.05, 4.69) is 14.9 Å². The van der Waals surface area contributed by atoms with Crippen molar-refractivity contribution >= 4 is 15.7 Å². The van der Waals surface area contributed by atoms with E-state index in [0.29, 0.717) is 4.90 Å². The van der Waals surface area contributed by atoms with Gasteiger partial charge in [0.25, 0.3) is 0 Å². The number of nitrogens with zero attached hydrogens (tertiary/aromatic N) is 1. The number of likely N-dealkylation sites (tertiary alicyclic amines) is 1. The van der Waals surface area contributed by atoms with Gasteiger partial charge in [0, 0.05) is 24.8 Å². The molecule has 2 N–H and O–H groups in total. The largest absolute Gasteiger partial charge is 0.385 e. The Balaban J connectivity index is 2.06. The summed E-state index contributed by atoms with van der Waals surface area (Å²) in [5.74, 6) is 0. The van der Waals surface area contributed by atoms with Crippen molar-refractivity contribution in [2.75, 3.05) is 32.0 Å². The van der Waals surface area contributed by atoms with Crippen molar-refractivity contribution in [3.05, 3.63) is 24.3 Å². The highest BCUT2D eigenvalue weighted by atomic mass is 32.2. The predicted molar refractivity (Wildman–Crippen MR) is 76.8 cm³/mol. The van der Waals surface area contributed by atoms with Crippen LogP contribution in [0.15, 0.2) is 29.2 Å². The van der Waals surface area contributed by atoms with E-state index in [4.69, 9.17) is 0 Å². The highest BCUT2D eigenvalue weighted by Gasteiger charge is 2.25. The summed E-state index contributed by atoms with van der Waals surface area (Å²) < 4.78 is 27.2. The maximum atomic E-state index is 12.2. The summed E-state index contributed by atoms with van der Waals surface area (Å²) in [6.07, 6.45) is 0.866. The number of likely N-dealkylation sites (N-methyl/N-ethyl adjacent to an activating group) is 1. The highest BCUT2D eigenvalue weighted by molar-refractivity contribution is 7.89. The summed E-state index contributed by atoms with van der Waals surface area (Å²) in [5, 5.41) is 3.14. The first-order valence-corrected chi connectivity index (χ1v) is 8.04. The van der Waals surface area contributed by atoms with Crippen molar-refractivity contribution in [3.63, 3.8) is 0 Å². The number of nitrogens with one attached hydrogen (secondary N) is 2. The molecule has 1 aromatic rings. The first-order chi connectivity index (χ1) is 9.01. The second kappa shape index (κ2) is 5.90. The lowest BCUT2D eigenvalue weighted by Crippen LogP contribution is -2.36. The minimum absolute atomic E-state index is 0.0171. The highest BCUT2D eigenvalue weighted by Crippen LogP contribution is 2.16. The summed E-state index contributed by atoms with van der Waals surface area (Å²) in [7, 11) is -1.40. The van der Waals surface area contributed by atoms with E-state index in [9.17, 15) is 8.42 Å². The van der Waals surface area contributed by atoms with Crippen LogP contribution in [0.25, 0.3) is 0 Å². The van der Waals surface area contributed by atoms with Gasteiger partial charge in [0.15, 0.2) is 0 Å². The summed E-state index contributed by atoms with van der Waals surface area (Å²) in [6, 6.07) is 6.87. The molecular formula is C13H21N3O2S. The number of hydrogen-bond acceptors (Lipinski definition) is 4. The first-order valence-electron chi connectivity index (χ1n) is 6.56. The first kappa shape index (κ1) is 14.3. The second-order valence-electron chi connectivity index (χ2n) is 4.92. The van der Waals surface area contributed by atoms with E-state index in [-0.39, 0.29) is 6.04 Å². The van der Waals surface area contributed by atoms with Gasteiger partial charge >= 0.3 is 0 Å². The van der Waals surface area contributed by atoms with Crippen LogP contribution in [0, 0.1) is 0 Å². The van der Waals surface area contributed by atoms with E-state index in [1.165, 1.54) is 0 Å². The Hall–Kier alpha value is -1.11. The van der Waals surface area contributed by atoms with Gasteiger partial charge in [-0.3, -0.25) is 0 Å². The summed E-state index contributed by atoms with van der Waals surface area (Å²) >= 11 is 0. The Bertz CT molecular complexity index is 513. The zero-order chi connectivity index (χ0) is 13.9. The molecule has 0 bridgehead atoms. The second-order valence-corrected chi connectivity index (χ2v) is 6.64. The zero-order valence-corrected chi connectivity index (χ0v) is 12.2. The zero-order valence-electron chi connectivity index (χ0n) is 11.4. The summed E-state index contributed by atoms with van der Waals surface area (Å²) in [4.78, 5) is 2.45. The van der Waals surface area contributed by atoms with Gasteiger partial charge in [0.1, 0.15) is 0 Å². The van der Waals surface area contributed by atoms with Crippen LogP contribution in [0.1, 0.15) is 13.3 Å². The topological polar surface area (TPSA) is 61.4 Å². The van der Waals surface area contributed by atoms with E-state index in [0.717, 1.165) is 31.7 Å². The number of benzene rings is 1. The standard InChI is InChI=1S/C13H21N3O2S/c1-3-14-11-4-6-13(7-5-11)19(17,18)15-12-8-9-16(2)10-12/h4-7,12,14-15H,3,8-10H2,1-2H3. The molecule has 5 nitrogen and oxygen atoms in total. The van der Waals surface area contributed by atoms with Crippen molar-refractivity contribution in [3.8, 4) is 0 Å². The predicted octanol–water partition coefficient (Wildman–Crippen LogP) is 1.10. The van der Waals surface area contributed by atoms with E-state index in [1.54, 1.807) is 24.3 Å². The molecule has 1 aliphatic heterocycles. The van der Waals surface area contributed by atoms with Crippen LogP contribution in [-0.2, 0) is 10.0 Å². The molecule has 0 spiro atoms. The number of hydrogen-bond donors (Lipinski definition) is 2. The molecule has 1 atom stereocenters. The Morgan fingerprint density at radius 3 is 2.53 bits per heavy atom. The van der Waals surface area contributed by atoms with Crippen molar-refractivity contribution in [1.29, 1.82) is 0 Å². The van der Waals surface area contributed by atoms with Gasteiger partial charge in [-0.15, -0.1) is 0 Å². The number of anilines is 1. The molecule has 1 saturated heterocycles. The Morgan fingerprint density at radius 1 is 1.32 bits per heavy atom. The third-order valence-corrected chi connectivity index (χ3v) is 4.80. The van der Waals surface area contributed by atoms with Gasteiger partial charge in [0.2, 0.25) is 10.0 Å². The molecule has 1 aromatic carbocycles. The molecular weight excluding hydrogens is 262 g/mol. The van der Waals surface area contributed by atoms with Crippen LogP contribution in [0.5, 0.6) is 0 Å². The van der Waals surface area contributed by atoms with Crippen LogP contribution in [-0.4, -0.2) is 46.0 Å². The van der Waals surface area contributed by atoms with Crippen LogP contribution >= 0.6 is 0 Å². The van der Waals surface area contributed by atoms with Crippen molar-refractivity contribution < 1.29 is 8.42 Å². The number of rotatable bonds is 5. The SMILES string of the molecule is CCNc1ccc(S(=O)(=O)NC2CCN(C)C2)cc1. The molecule has 0 amide bonds. The maximum Gasteiger partial charge on any atom is 0.240 e. The molecule has 106 valence electrons. The van der Waals surface area contributed by atoms with Gasteiger partial charge in [-0.2, -0.15) is 0 Å². The fourth-order valence-electron chi connectivity index (χ4n) is 2.27. The van der Waals surface area contributed by atoms with Gasteiger partial charge < -0.3 is 10.2 Å². The fourth-order valence-corrected chi connectivity index (χ4v) is 3.54. The molecule has 1 fully saturated rings. The molecule has 6 heteroatoms. The van der Waals surface area contributed by atoms with Crippen LogP contribution in [0.2, 0.25) is 0 Å². The Kier molecular flexibility index (Phi) is 4.44. The third-order valence-electron chi connectivity index (χ3n) is 3.26. The monoisotopic (exact) mass is 283 g/mol. The molecule has 0 saturated carbocycles. The lowest BCUT2D eigenvalue weighted by atomic mass is 10.3. The lowest BCUT2D eigenvalue weighted by molar-refractivity contribution is 0.407. The van der Waals surface area contributed by atoms with Gasteiger partial charge in [-0.25, -0.2) is 13.1 Å². The molecule has 0 aromatic heterocycles. The Labute approximate surface area is 115 Å². The van der Waals surface area contributed by atoms with Gasteiger partial charge in [0.05, 0.1) is 4.90 Å².